The highest BCUT2D eigenvalue weighted by Gasteiger charge is 2.27. The molecule has 0 unspecified atom stereocenters. The lowest BCUT2D eigenvalue weighted by molar-refractivity contribution is -0.128. The number of hydrogen-bond acceptors (Lipinski definition) is 4. The molecule has 2 aliphatic heterocycles. The van der Waals surface area contributed by atoms with Gasteiger partial charge in [0.15, 0.2) is 5.96 Å². The molecule has 0 bridgehead atoms. The molecular weight excluding hydrogens is 402 g/mol. The van der Waals surface area contributed by atoms with Gasteiger partial charge in [-0.3, -0.25) is 9.79 Å². The van der Waals surface area contributed by atoms with Crippen molar-refractivity contribution >= 4 is 21.9 Å². The van der Waals surface area contributed by atoms with Crippen molar-refractivity contribution in [2.24, 2.45) is 4.99 Å². The lowest BCUT2D eigenvalue weighted by Gasteiger charge is -2.32. The minimum atomic E-state index is -3.11. The Bertz CT molecular complexity index is 863. The number of piperidine rings is 1. The van der Waals surface area contributed by atoms with E-state index in [4.69, 9.17) is 0 Å². The molecule has 2 saturated heterocycles. The monoisotopic (exact) mass is 435 g/mol. The number of nitrogens with one attached hydrogen (secondary N) is 2. The first-order valence-electron chi connectivity index (χ1n) is 10.7. The van der Waals surface area contributed by atoms with Gasteiger partial charge in [-0.2, -0.15) is 0 Å². The predicted molar refractivity (Wildman–Crippen MR) is 118 cm³/mol. The molecule has 166 valence electrons. The van der Waals surface area contributed by atoms with Crippen molar-refractivity contribution in [3.05, 3.63) is 35.4 Å². The van der Waals surface area contributed by atoms with Crippen molar-refractivity contribution < 1.29 is 13.2 Å². The summed E-state index contributed by atoms with van der Waals surface area (Å²) in [5, 5.41) is 6.75. The van der Waals surface area contributed by atoms with Crippen LogP contribution in [0.5, 0.6) is 0 Å². The smallest absolute Gasteiger partial charge is 0.222 e. The number of rotatable bonds is 7. The van der Waals surface area contributed by atoms with Crippen molar-refractivity contribution in [3.8, 4) is 0 Å². The van der Waals surface area contributed by atoms with Crippen LogP contribution in [0.4, 0.5) is 0 Å². The number of carbonyl (C=O) groups is 1. The second kappa shape index (κ2) is 10.3. The third-order valence-corrected chi connectivity index (χ3v) is 7.65. The minimum Gasteiger partial charge on any atom is -0.354 e. The summed E-state index contributed by atoms with van der Waals surface area (Å²) in [7, 11) is -1.37. The van der Waals surface area contributed by atoms with E-state index in [0.29, 0.717) is 38.6 Å². The van der Waals surface area contributed by atoms with Crippen LogP contribution in [0.3, 0.4) is 0 Å². The van der Waals surface area contributed by atoms with Crippen LogP contribution in [-0.2, 0) is 27.9 Å². The van der Waals surface area contributed by atoms with Gasteiger partial charge in [-0.1, -0.05) is 24.3 Å². The van der Waals surface area contributed by atoms with Crippen LogP contribution in [0.1, 0.15) is 43.7 Å². The molecule has 1 aromatic carbocycles. The molecule has 1 aromatic rings. The fourth-order valence-corrected chi connectivity index (χ4v) is 5.10. The van der Waals surface area contributed by atoms with Crippen LogP contribution in [0.25, 0.3) is 0 Å². The molecule has 0 aliphatic carbocycles. The first-order chi connectivity index (χ1) is 14.4. The van der Waals surface area contributed by atoms with E-state index in [1.54, 1.807) is 18.3 Å². The molecule has 2 fully saturated rings. The van der Waals surface area contributed by atoms with E-state index in [1.807, 2.05) is 11.0 Å². The van der Waals surface area contributed by atoms with Crippen molar-refractivity contribution in [3.63, 3.8) is 0 Å². The minimum absolute atomic E-state index is 0.152. The van der Waals surface area contributed by atoms with Gasteiger partial charge in [0.2, 0.25) is 15.9 Å². The van der Waals surface area contributed by atoms with Crippen molar-refractivity contribution in [2.75, 3.05) is 32.4 Å². The molecular formula is C21H33N5O3S. The van der Waals surface area contributed by atoms with Crippen LogP contribution in [0, 0.1) is 0 Å². The number of carbonyl (C=O) groups excluding carboxylic acids is 1. The maximum Gasteiger partial charge on any atom is 0.222 e. The van der Waals surface area contributed by atoms with E-state index in [1.165, 1.54) is 0 Å². The Morgan fingerprint density at radius 1 is 1.20 bits per heavy atom. The molecule has 0 atom stereocenters. The Labute approximate surface area is 179 Å². The number of hydrogen-bond donors (Lipinski definition) is 2. The summed E-state index contributed by atoms with van der Waals surface area (Å²) in [5.74, 6) is 1.10. The van der Waals surface area contributed by atoms with Gasteiger partial charge in [-0.15, -0.1) is 0 Å². The topological polar surface area (TPSA) is 94.1 Å². The molecule has 0 aromatic heterocycles. The normalized spacial score (nSPS) is 19.3. The largest absolute Gasteiger partial charge is 0.354 e. The molecule has 2 aliphatic rings. The average molecular weight is 436 g/mol. The van der Waals surface area contributed by atoms with Crippen LogP contribution < -0.4 is 10.6 Å². The number of amides is 1. The number of sulfonamides is 1. The summed E-state index contributed by atoms with van der Waals surface area (Å²) in [6.07, 6.45) is 3.14. The van der Waals surface area contributed by atoms with Gasteiger partial charge in [0.25, 0.3) is 0 Å². The number of guanidine groups is 1. The zero-order valence-corrected chi connectivity index (χ0v) is 18.7. The van der Waals surface area contributed by atoms with Gasteiger partial charge >= 0.3 is 0 Å². The Morgan fingerprint density at radius 3 is 2.57 bits per heavy atom. The quantitative estimate of drug-likeness (QED) is 0.497. The predicted octanol–water partition coefficient (Wildman–Crippen LogP) is 1.29. The highest BCUT2D eigenvalue weighted by Crippen LogP contribution is 2.16. The molecule has 0 radical (unpaired) electrons. The van der Waals surface area contributed by atoms with Crippen LogP contribution in [0.15, 0.2) is 29.3 Å². The lowest BCUT2D eigenvalue weighted by atomic mass is 10.1. The third kappa shape index (κ3) is 5.95. The van der Waals surface area contributed by atoms with Crippen molar-refractivity contribution in [2.45, 2.75) is 51.7 Å². The Kier molecular flexibility index (Phi) is 7.71. The summed E-state index contributed by atoms with van der Waals surface area (Å²) in [6, 6.07) is 8.46. The molecule has 0 saturated carbocycles. The maximum atomic E-state index is 12.0. The standard InChI is InChI=1S/C21H33N5O3S/c1-3-30(28,29)26-12-9-19(10-13-26)24-21(22-2)23-15-17-6-4-7-18(14-17)16-25-11-5-8-20(25)27/h4,6-7,14,19H,3,5,8-13,15-16H2,1-2H3,(H2,22,23,24). The van der Waals surface area contributed by atoms with Gasteiger partial charge in [0.1, 0.15) is 0 Å². The fraction of sp³-hybridized carbons (Fsp3) is 0.619. The first-order valence-corrected chi connectivity index (χ1v) is 12.3. The van der Waals surface area contributed by atoms with Crippen molar-refractivity contribution in [1.82, 2.24) is 19.8 Å². The molecule has 2 N–H and O–H groups in total. The molecule has 30 heavy (non-hydrogen) atoms. The van der Waals surface area contributed by atoms with Gasteiger partial charge in [0.05, 0.1) is 5.75 Å². The summed E-state index contributed by atoms with van der Waals surface area (Å²) in [6.45, 7) is 4.91. The van der Waals surface area contributed by atoms with Crippen LogP contribution >= 0.6 is 0 Å². The molecule has 8 nitrogen and oxygen atoms in total. The highest BCUT2D eigenvalue weighted by atomic mass is 32.2. The van der Waals surface area contributed by atoms with E-state index in [-0.39, 0.29) is 17.7 Å². The van der Waals surface area contributed by atoms with E-state index in [9.17, 15) is 13.2 Å². The lowest BCUT2D eigenvalue weighted by Crippen LogP contribution is -2.49. The van der Waals surface area contributed by atoms with Crippen LogP contribution in [0.2, 0.25) is 0 Å². The molecule has 3 rings (SSSR count). The second-order valence-corrected chi connectivity index (χ2v) is 10.1. The molecule has 2 heterocycles. The van der Waals surface area contributed by atoms with E-state index in [2.05, 4.69) is 33.8 Å². The first kappa shape index (κ1) is 22.6. The van der Waals surface area contributed by atoms with Gasteiger partial charge < -0.3 is 15.5 Å². The van der Waals surface area contributed by atoms with Crippen molar-refractivity contribution in [1.29, 1.82) is 0 Å². The average Bonchev–Trinajstić information content (AvgIpc) is 3.16. The number of benzene rings is 1. The van der Waals surface area contributed by atoms with Gasteiger partial charge in [0, 0.05) is 52.2 Å². The fourth-order valence-electron chi connectivity index (χ4n) is 3.96. The molecule has 0 spiro atoms. The third-order valence-electron chi connectivity index (χ3n) is 5.77. The van der Waals surface area contributed by atoms with E-state index in [0.717, 1.165) is 36.9 Å². The summed E-state index contributed by atoms with van der Waals surface area (Å²) in [5.41, 5.74) is 2.27. The SMILES string of the molecule is CCS(=O)(=O)N1CCC(NC(=NC)NCc2cccc(CN3CCCC3=O)c2)CC1. The van der Waals surface area contributed by atoms with E-state index >= 15 is 0 Å². The zero-order chi connectivity index (χ0) is 21.6. The van der Waals surface area contributed by atoms with Crippen LogP contribution in [-0.4, -0.2) is 68.0 Å². The van der Waals surface area contributed by atoms with Gasteiger partial charge in [-0.25, -0.2) is 12.7 Å². The summed E-state index contributed by atoms with van der Waals surface area (Å²) < 4.78 is 25.6. The van der Waals surface area contributed by atoms with E-state index < -0.39 is 10.0 Å². The summed E-state index contributed by atoms with van der Waals surface area (Å²) in [4.78, 5) is 18.1. The Hall–Kier alpha value is -2.13. The van der Waals surface area contributed by atoms with Gasteiger partial charge in [-0.05, 0) is 37.3 Å². The summed E-state index contributed by atoms with van der Waals surface area (Å²) >= 11 is 0. The molecule has 9 heteroatoms. The number of likely N-dealkylation sites (tertiary alicyclic amines) is 1. The zero-order valence-electron chi connectivity index (χ0n) is 17.9. The second-order valence-electron chi connectivity index (χ2n) is 7.88. The highest BCUT2D eigenvalue weighted by molar-refractivity contribution is 7.89. The number of nitrogens with zero attached hydrogens (tertiary/aromatic N) is 3. The maximum absolute atomic E-state index is 12.0. The number of aliphatic imine (C=N–C) groups is 1. The Morgan fingerprint density at radius 2 is 1.93 bits per heavy atom. The molecule has 1 amide bonds. The Balaban J connectivity index is 1.48.